The molecule has 4 nitrogen and oxygen atoms in total. The van der Waals surface area contributed by atoms with Gasteiger partial charge in [0, 0.05) is 29.7 Å². The zero-order valence-electron chi connectivity index (χ0n) is 11.2. The van der Waals surface area contributed by atoms with Crippen molar-refractivity contribution in [2.45, 2.75) is 38.4 Å². The Kier molecular flexibility index (Phi) is 1.81. The zero-order valence-corrected chi connectivity index (χ0v) is 11.2. The minimum atomic E-state index is -1.20. The van der Waals surface area contributed by atoms with E-state index in [0.717, 1.165) is 6.42 Å². The molecule has 0 aromatic rings. The molecule has 4 aliphatic rings. The van der Waals surface area contributed by atoms with E-state index in [2.05, 4.69) is 13.5 Å². The second kappa shape index (κ2) is 2.95. The molecule has 1 aliphatic heterocycles. The Morgan fingerprint density at radius 3 is 2.79 bits per heavy atom. The van der Waals surface area contributed by atoms with Crippen LogP contribution in [0.25, 0.3) is 0 Å². The van der Waals surface area contributed by atoms with Crippen molar-refractivity contribution in [2.75, 3.05) is 0 Å². The van der Waals surface area contributed by atoms with Gasteiger partial charge >= 0.3 is 5.97 Å². The van der Waals surface area contributed by atoms with Crippen molar-refractivity contribution >= 4 is 11.8 Å². The van der Waals surface area contributed by atoms with E-state index in [0.29, 0.717) is 17.9 Å². The monoisotopic (exact) mass is 262 g/mol. The van der Waals surface area contributed by atoms with Gasteiger partial charge in [0.1, 0.15) is 17.5 Å². The van der Waals surface area contributed by atoms with Gasteiger partial charge < -0.3 is 9.84 Å². The van der Waals surface area contributed by atoms with Gasteiger partial charge in [-0.05, 0) is 17.8 Å². The van der Waals surface area contributed by atoms with Crippen LogP contribution < -0.4 is 0 Å². The molecule has 7 atom stereocenters. The fourth-order valence-electron chi connectivity index (χ4n) is 5.08. The van der Waals surface area contributed by atoms with E-state index in [1.165, 1.54) is 0 Å². The summed E-state index contributed by atoms with van der Waals surface area (Å²) < 4.78 is 5.41. The van der Waals surface area contributed by atoms with E-state index in [4.69, 9.17) is 4.74 Å². The number of esters is 1. The van der Waals surface area contributed by atoms with Crippen molar-refractivity contribution in [2.24, 2.45) is 29.1 Å². The van der Waals surface area contributed by atoms with Crippen molar-refractivity contribution in [1.29, 1.82) is 0 Å². The van der Waals surface area contributed by atoms with Crippen LogP contribution in [0.15, 0.2) is 12.2 Å². The number of ketones is 1. The van der Waals surface area contributed by atoms with Crippen LogP contribution in [0, 0.1) is 29.1 Å². The average molecular weight is 262 g/mol. The summed E-state index contributed by atoms with van der Waals surface area (Å²) in [6.45, 7) is 7.74. The standard InChI is InChI=1S/C15H18O4/c1-6-11-8-5-14(8,3)10-4-9(16)7(2)15(10,18)12(11)19-13(6)17/h7-8,10-12,18H,1,4-5H2,2-3H3/t7-,8+,10-,11+,12+,14+,15-/m0/s1. The van der Waals surface area contributed by atoms with Crippen LogP contribution >= 0.6 is 0 Å². The van der Waals surface area contributed by atoms with E-state index in [-0.39, 0.29) is 23.0 Å². The minimum absolute atomic E-state index is 0.0345. The van der Waals surface area contributed by atoms with E-state index < -0.39 is 23.6 Å². The predicted molar refractivity (Wildman–Crippen MR) is 66.0 cm³/mol. The maximum atomic E-state index is 12.1. The highest BCUT2D eigenvalue weighted by atomic mass is 16.6. The molecule has 1 saturated heterocycles. The fraction of sp³-hybridized carbons (Fsp3) is 0.733. The van der Waals surface area contributed by atoms with Crippen molar-refractivity contribution in [3.8, 4) is 0 Å². The normalized spacial score (nSPS) is 58.5. The summed E-state index contributed by atoms with van der Waals surface area (Å²) in [5.74, 6) is -0.611. The van der Waals surface area contributed by atoms with Crippen LogP contribution in [0.5, 0.6) is 0 Å². The van der Waals surface area contributed by atoms with Crippen molar-refractivity contribution in [1.82, 2.24) is 0 Å². The third kappa shape index (κ3) is 1.04. The average Bonchev–Trinajstić information content (AvgIpc) is 2.86. The summed E-state index contributed by atoms with van der Waals surface area (Å²) in [4.78, 5) is 23.9. The van der Waals surface area contributed by atoms with Crippen molar-refractivity contribution in [3.63, 3.8) is 0 Å². The molecular formula is C15H18O4. The molecule has 19 heavy (non-hydrogen) atoms. The Bertz CT molecular complexity index is 538. The number of hydrogen-bond donors (Lipinski definition) is 1. The first kappa shape index (κ1) is 11.6. The van der Waals surface area contributed by atoms with Crippen LogP contribution in [0.2, 0.25) is 0 Å². The maximum Gasteiger partial charge on any atom is 0.334 e. The third-order valence-corrected chi connectivity index (χ3v) is 6.40. The number of hydrogen-bond acceptors (Lipinski definition) is 4. The predicted octanol–water partition coefficient (Wildman–Crippen LogP) is 1.08. The Hall–Kier alpha value is -1.16. The van der Waals surface area contributed by atoms with Gasteiger partial charge in [-0.15, -0.1) is 0 Å². The molecule has 1 N–H and O–H groups in total. The Morgan fingerprint density at radius 2 is 2.11 bits per heavy atom. The van der Waals surface area contributed by atoms with Crippen LogP contribution in [0.4, 0.5) is 0 Å². The van der Waals surface area contributed by atoms with Crippen LogP contribution in [-0.4, -0.2) is 28.6 Å². The second-order valence-electron chi connectivity index (χ2n) is 7.03. The van der Waals surface area contributed by atoms with Crippen molar-refractivity contribution < 1.29 is 19.4 Å². The van der Waals surface area contributed by atoms with Crippen LogP contribution in [0.1, 0.15) is 26.7 Å². The SMILES string of the molecule is C=C1C(=O)O[C@@H]2[C@H]1[C@H]1C[C@@]1(C)[C@@H]1CC(=O)[C@H](C)[C@@]21O. The Morgan fingerprint density at radius 1 is 1.42 bits per heavy atom. The van der Waals surface area contributed by atoms with Crippen molar-refractivity contribution in [3.05, 3.63) is 12.2 Å². The molecule has 0 amide bonds. The number of aliphatic hydroxyl groups is 1. The molecule has 0 radical (unpaired) electrons. The molecular weight excluding hydrogens is 244 g/mol. The molecule has 0 spiro atoms. The van der Waals surface area contributed by atoms with Gasteiger partial charge in [0.25, 0.3) is 0 Å². The summed E-state index contributed by atoms with van der Waals surface area (Å²) >= 11 is 0. The number of fused-ring (bicyclic) bond motifs is 6. The molecule has 0 unspecified atom stereocenters. The van der Waals surface area contributed by atoms with Gasteiger partial charge in [0.05, 0.1) is 0 Å². The smallest absolute Gasteiger partial charge is 0.334 e. The molecule has 3 aliphatic carbocycles. The minimum Gasteiger partial charge on any atom is -0.455 e. The summed E-state index contributed by atoms with van der Waals surface area (Å²) in [5, 5.41) is 11.2. The molecule has 0 aromatic heterocycles. The number of ether oxygens (including phenoxy) is 1. The first-order valence-corrected chi connectivity index (χ1v) is 6.96. The van der Waals surface area contributed by atoms with Crippen LogP contribution in [0.3, 0.4) is 0 Å². The van der Waals surface area contributed by atoms with Gasteiger partial charge in [-0.25, -0.2) is 4.79 Å². The number of carbonyl (C=O) groups is 2. The molecule has 4 heteroatoms. The molecule has 1 heterocycles. The van der Waals surface area contributed by atoms with Gasteiger partial charge in [-0.2, -0.15) is 0 Å². The number of Topliss-reactive ketones (excluding diaryl/α,β-unsaturated/α-hetero) is 1. The molecule has 4 fully saturated rings. The van der Waals surface area contributed by atoms with E-state index in [1.54, 1.807) is 6.92 Å². The van der Waals surface area contributed by atoms with Gasteiger partial charge in [0.2, 0.25) is 0 Å². The maximum absolute atomic E-state index is 12.1. The highest BCUT2D eigenvalue weighted by Crippen LogP contribution is 2.74. The molecule has 102 valence electrons. The summed E-state index contributed by atoms with van der Waals surface area (Å²) in [5.41, 5.74) is -0.747. The highest BCUT2D eigenvalue weighted by molar-refractivity contribution is 5.92. The van der Waals surface area contributed by atoms with Gasteiger partial charge in [-0.3, -0.25) is 4.79 Å². The summed E-state index contributed by atoms with van der Waals surface area (Å²) in [6.07, 6.45) is 0.800. The number of rotatable bonds is 0. The lowest BCUT2D eigenvalue weighted by atomic mass is 9.62. The van der Waals surface area contributed by atoms with E-state index in [9.17, 15) is 14.7 Å². The number of carbonyl (C=O) groups excluding carboxylic acids is 2. The lowest BCUT2D eigenvalue weighted by Gasteiger charge is -2.46. The van der Waals surface area contributed by atoms with Gasteiger partial charge in [0.15, 0.2) is 0 Å². The largest absolute Gasteiger partial charge is 0.455 e. The Balaban J connectivity index is 1.88. The lowest BCUT2D eigenvalue weighted by Crippen LogP contribution is -2.58. The van der Waals surface area contributed by atoms with E-state index >= 15 is 0 Å². The zero-order chi connectivity index (χ0) is 13.7. The van der Waals surface area contributed by atoms with E-state index in [1.807, 2.05) is 0 Å². The first-order chi connectivity index (χ1) is 8.81. The molecule has 0 bridgehead atoms. The lowest BCUT2D eigenvalue weighted by molar-refractivity contribution is -0.185. The molecule has 4 rings (SSSR count). The Labute approximate surface area is 111 Å². The molecule has 0 aromatic carbocycles. The topological polar surface area (TPSA) is 63.6 Å². The van der Waals surface area contributed by atoms with Gasteiger partial charge in [-0.1, -0.05) is 20.4 Å². The first-order valence-electron chi connectivity index (χ1n) is 6.96. The fourth-order valence-corrected chi connectivity index (χ4v) is 5.08. The second-order valence-corrected chi connectivity index (χ2v) is 7.03. The summed E-state index contributed by atoms with van der Waals surface area (Å²) in [6, 6.07) is 0. The summed E-state index contributed by atoms with van der Waals surface area (Å²) in [7, 11) is 0. The van der Waals surface area contributed by atoms with Crippen LogP contribution in [-0.2, 0) is 14.3 Å². The molecule has 3 saturated carbocycles. The highest BCUT2D eigenvalue weighted by Gasteiger charge is 2.78. The quantitative estimate of drug-likeness (QED) is 0.524. The third-order valence-electron chi connectivity index (χ3n) is 6.40.